The van der Waals surface area contributed by atoms with Crippen molar-refractivity contribution in [2.24, 2.45) is 0 Å². The number of aliphatic hydroxyl groups excluding tert-OH is 1. The fourth-order valence-electron chi connectivity index (χ4n) is 0.558. The molecule has 0 aromatic heterocycles. The molecular formula is C7H12O2. The molecule has 0 saturated heterocycles. The highest BCUT2D eigenvalue weighted by molar-refractivity contribution is 5.52. The first-order valence-electron chi connectivity index (χ1n) is 3.12. The van der Waals surface area contributed by atoms with Crippen LogP contribution in [-0.2, 0) is 4.79 Å². The normalized spacial score (nSPS) is 12.3. The molecule has 0 aliphatic heterocycles. The van der Waals surface area contributed by atoms with Crippen molar-refractivity contribution in [1.82, 2.24) is 0 Å². The molecule has 0 spiro atoms. The lowest BCUT2D eigenvalue weighted by Crippen LogP contribution is -2.07. The van der Waals surface area contributed by atoms with Crippen LogP contribution in [0.25, 0.3) is 0 Å². The SMILES string of the molecule is CCCC(O)C(C)=C=O. The zero-order chi connectivity index (χ0) is 7.28. The van der Waals surface area contributed by atoms with Crippen molar-refractivity contribution in [2.75, 3.05) is 0 Å². The second-order valence-electron chi connectivity index (χ2n) is 2.09. The molecule has 1 atom stereocenters. The van der Waals surface area contributed by atoms with Crippen molar-refractivity contribution in [3.8, 4) is 0 Å². The van der Waals surface area contributed by atoms with E-state index in [4.69, 9.17) is 5.11 Å². The monoisotopic (exact) mass is 128 g/mol. The third kappa shape index (κ3) is 3.07. The summed E-state index contributed by atoms with van der Waals surface area (Å²) in [5.41, 5.74) is 0.400. The molecule has 9 heavy (non-hydrogen) atoms. The lowest BCUT2D eigenvalue weighted by molar-refractivity contribution is 0.200. The first-order chi connectivity index (χ1) is 4.22. The summed E-state index contributed by atoms with van der Waals surface area (Å²) in [6, 6.07) is 0. The van der Waals surface area contributed by atoms with Gasteiger partial charge in [-0.15, -0.1) is 0 Å². The average Bonchev–Trinajstić information content (AvgIpc) is 1.87. The third-order valence-corrected chi connectivity index (χ3v) is 1.22. The van der Waals surface area contributed by atoms with Crippen molar-refractivity contribution >= 4 is 5.94 Å². The lowest BCUT2D eigenvalue weighted by Gasteiger charge is -2.03. The van der Waals surface area contributed by atoms with Crippen molar-refractivity contribution in [3.05, 3.63) is 5.57 Å². The predicted octanol–water partition coefficient (Wildman–Crippen LogP) is 0.925. The van der Waals surface area contributed by atoms with Gasteiger partial charge in [0.2, 0.25) is 0 Å². The molecular weight excluding hydrogens is 116 g/mol. The minimum Gasteiger partial charge on any atom is -0.388 e. The van der Waals surface area contributed by atoms with Crippen LogP contribution < -0.4 is 0 Å². The van der Waals surface area contributed by atoms with Crippen LogP contribution in [0.2, 0.25) is 0 Å². The summed E-state index contributed by atoms with van der Waals surface area (Å²) in [6.07, 6.45) is 0.967. The summed E-state index contributed by atoms with van der Waals surface area (Å²) in [7, 11) is 0. The zero-order valence-electron chi connectivity index (χ0n) is 5.85. The van der Waals surface area contributed by atoms with Gasteiger partial charge in [-0.25, -0.2) is 4.79 Å². The molecule has 0 aromatic rings. The molecule has 0 aliphatic carbocycles. The second kappa shape index (κ2) is 4.30. The van der Waals surface area contributed by atoms with Crippen molar-refractivity contribution in [3.63, 3.8) is 0 Å². The topological polar surface area (TPSA) is 37.3 Å². The van der Waals surface area contributed by atoms with E-state index in [0.717, 1.165) is 6.42 Å². The first-order valence-corrected chi connectivity index (χ1v) is 3.12. The van der Waals surface area contributed by atoms with Gasteiger partial charge in [0, 0.05) is 5.57 Å². The van der Waals surface area contributed by atoms with Gasteiger partial charge in [-0.2, -0.15) is 0 Å². The molecule has 0 aromatic carbocycles. The summed E-state index contributed by atoms with van der Waals surface area (Å²) < 4.78 is 0. The molecule has 0 saturated carbocycles. The molecule has 0 aliphatic rings. The first kappa shape index (κ1) is 8.41. The molecule has 0 fully saturated rings. The Morgan fingerprint density at radius 2 is 2.33 bits per heavy atom. The number of hydrogen-bond acceptors (Lipinski definition) is 2. The number of hydrogen-bond donors (Lipinski definition) is 1. The molecule has 1 unspecified atom stereocenters. The van der Waals surface area contributed by atoms with Crippen LogP contribution >= 0.6 is 0 Å². The minimum atomic E-state index is -0.576. The van der Waals surface area contributed by atoms with Crippen LogP contribution in [0.3, 0.4) is 0 Å². The Hall–Kier alpha value is -0.590. The minimum absolute atomic E-state index is 0.400. The molecule has 0 bridgehead atoms. The van der Waals surface area contributed by atoms with Gasteiger partial charge in [-0.05, 0) is 13.3 Å². The van der Waals surface area contributed by atoms with Crippen LogP contribution in [0.1, 0.15) is 26.7 Å². The zero-order valence-corrected chi connectivity index (χ0v) is 5.85. The smallest absolute Gasteiger partial charge is 0.125 e. The van der Waals surface area contributed by atoms with E-state index in [9.17, 15) is 4.79 Å². The van der Waals surface area contributed by atoms with Gasteiger partial charge in [0.05, 0.1) is 6.10 Å². The Morgan fingerprint density at radius 1 is 1.78 bits per heavy atom. The molecule has 2 nitrogen and oxygen atoms in total. The van der Waals surface area contributed by atoms with Gasteiger partial charge in [-0.3, -0.25) is 0 Å². The summed E-state index contributed by atoms with van der Waals surface area (Å²) in [6.45, 7) is 3.55. The quantitative estimate of drug-likeness (QED) is 0.574. The molecule has 0 heterocycles. The maximum atomic E-state index is 9.90. The highest BCUT2D eigenvalue weighted by atomic mass is 16.3. The molecule has 1 N–H and O–H groups in total. The summed E-state index contributed by atoms with van der Waals surface area (Å²) in [4.78, 5) is 9.90. The van der Waals surface area contributed by atoms with E-state index < -0.39 is 6.10 Å². The summed E-state index contributed by atoms with van der Waals surface area (Å²) in [5.74, 6) is 1.67. The van der Waals surface area contributed by atoms with Gasteiger partial charge in [-0.1, -0.05) is 13.3 Å². The Balaban J connectivity index is 3.73. The fraction of sp³-hybridized carbons (Fsp3) is 0.714. The maximum absolute atomic E-state index is 9.90. The van der Waals surface area contributed by atoms with Crippen LogP contribution in [0.5, 0.6) is 0 Å². The van der Waals surface area contributed by atoms with Gasteiger partial charge in [0.1, 0.15) is 5.94 Å². The Kier molecular flexibility index (Phi) is 4.02. The van der Waals surface area contributed by atoms with E-state index in [2.05, 4.69) is 0 Å². The van der Waals surface area contributed by atoms with Crippen LogP contribution in [0.4, 0.5) is 0 Å². The van der Waals surface area contributed by atoms with Crippen molar-refractivity contribution < 1.29 is 9.90 Å². The average molecular weight is 128 g/mol. The Bertz CT molecular complexity index is 123. The van der Waals surface area contributed by atoms with Crippen LogP contribution in [-0.4, -0.2) is 17.2 Å². The third-order valence-electron chi connectivity index (χ3n) is 1.22. The van der Waals surface area contributed by atoms with Gasteiger partial charge in [0.15, 0.2) is 0 Å². The second-order valence-corrected chi connectivity index (χ2v) is 2.09. The van der Waals surface area contributed by atoms with E-state index in [1.54, 1.807) is 12.9 Å². The molecule has 52 valence electrons. The van der Waals surface area contributed by atoms with E-state index >= 15 is 0 Å². The number of rotatable bonds is 3. The Morgan fingerprint density at radius 3 is 2.67 bits per heavy atom. The highest BCUT2D eigenvalue weighted by Crippen LogP contribution is 2.03. The van der Waals surface area contributed by atoms with Gasteiger partial charge >= 0.3 is 0 Å². The maximum Gasteiger partial charge on any atom is 0.125 e. The molecule has 0 rings (SSSR count). The lowest BCUT2D eigenvalue weighted by atomic mass is 10.1. The number of aliphatic hydroxyl groups is 1. The molecule has 0 amide bonds. The van der Waals surface area contributed by atoms with E-state index in [0.29, 0.717) is 12.0 Å². The molecule has 2 heteroatoms. The fourth-order valence-corrected chi connectivity index (χ4v) is 0.558. The van der Waals surface area contributed by atoms with Crippen molar-refractivity contribution in [1.29, 1.82) is 0 Å². The van der Waals surface area contributed by atoms with E-state index in [1.807, 2.05) is 6.92 Å². The number of carbonyl (C=O) groups excluding carboxylic acids is 1. The van der Waals surface area contributed by atoms with Crippen LogP contribution in [0, 0.1) is 0 Å². The largest absolute Gasteiger partial charge is 0.388 e. The van der Waals surface area contributed by atoms with E-state index in [1.165, 1.54) is 0 Å². The van der Waals surface area contributed by atoms with E-state index in [-0.39, 0.29) is 0 Å². The predicted molar refractivity (Wildman–Crippen MR) is 35.8 cm³/mol. The molecule has 0 radical (unpaired) electrons. The highest BCUT2D eigenvalue weighted by Gasteiger charge is 2.03. The summed E-state index contributed by atoms with van der Waals surface area (Å²) in [5, 5.41) is 9.02. The van der Waals surface area contributed by atoms with Gasteiger partial charge in [0.25, 0.3) is 0 Å². The summed E-state index contributed by atoms with van der Waals surface area (Å²) >= 11 is 0. The van der Waals surface area contributed by atoms with Crippen LogP contribution in [0.15, 0.2) is 5.57 Å². The van der Waals surface area contributed by atoms with Gasteiger partial charge < -0.3 is 5.11 Å². The van der Waals surface area contributed by atoms with Crippen molar-refractivity contribution in [2.45, 2.75) is 32.8 Å². The standard InChI is InChI=1S/C7H12O2/c1-3-4-7(9)6(2)5-8/h7,9H,3-4H2,1-2H3. The Labute approximate surface area is 55.2 Å².